The van der Waals surface area contributed by atoms with Gasteiger partial charge >= 0.3 is 5.97 Å². The maximum Gasteiger partial charge on any atom is 0.360 e. The van der Waals surface area contributed by atoms with Gasteiger partial charge in [0, 0.05) is 6.42 Å². The highest BCUT2D eigenvalue weighted by Gasteiger charge is 2.20. The van der Waals surface area contributed by atoms with E-state index >= 15 is 0 Å². The maximum absolute atomic E-state index is 10.8. The topological polar surface area (TPSA) is 89.1 Å². The van der Waals surface area contributed by atoms with Crippen LogP contribution < -0.4 is 0 Å². The molecule has 2 heterocycles. The molecule has 0 aromatic carbocycles. The van der Waals surface area contributed by atoms with Gasteiger partial charge in [-0.05, 0) is 0 Å². The summed E-state index contributed by atoms with van der Waals surface area (Å²) in [6.45, 7) is 1.84. The molecule has 0 unspecified atom stereocenters. The first-order valence-electron chi connectivity index (χ1n) is 4.18. The molecule has 6 nitrogen and oxygen atoms in total. The molecule has 0 saturated carbocycles. The smallest absolute Gasteiger partial charge is 0.360 e. The molecule has 0 spiro atoms. The largest absolute Gasteiger partial charge is 0.476 e. The van der Waals surface area contributed by atoms with E-state index in [1.165, 1.54) is 0 Å². The Balaban J connectivity index is 2.78. The molecule has 0 aliphatic carbocycles. The molecule has 0 amide bonds. The Bertz CT molecular complexity index is 537. The van der Waals surface area contributed by atoms with Crippen molar-refractivity contribution in [3.8, 4) is 0 Å². The monoisotopic (exact) mass is 227 g/mol. The number of hydrogen-bond donors (Lipinski definition) is 1. The molecule has 0 fully saturated rings. The van der Waals surface area contributed by atoms with Gasteiger partial charge in [-0.1, -0.05) is 23.7 Å². The van der Waals surface area contributed by atoms with Crippen LogP contribution in [0.2, 0.25) is 5.15 Å². The number of aromatic carboxylic acids is 1. The van der Waals surface area contributed by atoms with E-state index in [1.54, 1.807) is 0 Å². The second kappa shape index (κ2) is 3.47. The van der Waals surface area contributed by atoms with Gasteiger partial charge in [0.05, 0.1) is 0 Å². The number of aromatic nitrogens is 3. The van der Waals surface area contributed by atoms with Crippen molar-refractivity contribution in [1.29, 1.82) is 0 Å². The zero-order valence-electron chi connectivity index (χ0n) is 7.69. The summed E-state index contributed by atoms with van der Waals surface area (Å²) in [5.41, 5.74) is -0.00498. The van der Waals surface area contributed by atoms with Crippen molar-refractivity contribution in [3.63, 3.8) is 0 Å². The summed E-state index contributed by atoms with van der Waals surface area (Å²) in [6.07, 6.45) is 0.555. The summed E-state index contributed by atoms with van der Waals surface area (Å²) in [4.78, 5) is 18.7. The summed E-state index contributed by atoms with van der Waals surface area (Å²) in [6, 6.07) is 0. The third kappa shape index (κ3) is 1.52. The van der Waals surface area contributed by atoms with E-state index in [0.29, 0.717) is 12.2 Å². The van der Waals surface area contributed by atoms with Gasteiger partial charge in [0.2, 0.25) is 11.3 Å². The normalized spacial score (nSPS) is 10.8. The summed E-state index contributed by atoms with van der Waals surface area (Å²) in [7, 11) is 0. The molecule has 1 N–H and O–H groups in total. The van der Waals surface area contributed by atoms with Crippen molar-refractivity contribution in [3.05, 3.63) is 16.7 Å². The molecule has 15 heavy (non-hydrogen) atoms. The summed E-state index contributed by atoms with van der Waals surface area (Å²) in [5, 5.41) is 12.3. The van der Waals surface area contributed by atoms with Crippen molar-refractivity contribution >= 4 is 28.7 Å². The molecule has 0 aliphatic heterocycles. The lowest BCUT2D eigenvalue weighted by atomic mass is 10.3. The van der Waals surface area contributed by atoms with Crippen LogP contribution in [-0.4, -0.2) is 26.2 Å². The molecule has 0 saturated heterocycles. The highest BCUT2D eigenvalue weighted by molar-refractivity contribution is 6.33. The van der Waals surface area contributed by atoms with Gasteiger partial charge in [-0.25, -0.2) is 14.8 Å². The van der Waals surface area contributed by atoms with Crippen molar-refractivity contribution in [1.82, 2.24) is 15.1 Å². The van der Waals surface area contributed by atoms with E-state index < -0.39 is 5.97 Å². The zero-order valence-corrected chi connectivity index (χ0v) is 8.45. The average molecular weight is 228 g/mol. The minimum absolute atomic E-state index is 0.0804. The first-order valence-corrected chi connectivity index (χ1v) is 4.56. The first kappa shape index (κ1) is 9.85. The maximum atomic E-state index is 10.8. The average Bonchev–Trinajstić information content (AvgIpc) is 2.61. The van der Waals surface area contributed by atoms with Gasteiger partial charge < -0.3 is 9.63 Å². The van der Waals surface area contributed by atoms with Crippen LogP contribution in [0.25, 0.3) is 11.1 Å². The fourth-order valence-corrected chi connectivity index (χ4v) is 1.36. The van der Waals surface area contributed by atoms with Crippen molar-refractivity contribution in [2.24, 2.45) is 0 Å². The number of carboxylic acids is 1. The van der Waals surface area contributed by atoms with Crippen LogP contribution in [0.5, 0.6) is 0 Å². The third-order valence-electron chi connectivity index (χ3n) is 1.84. The van der Waals surface area contributed by atoms with E-state index in [1.807, 2.05) is 6.92 Å². The quantitative estimate of drug-likeness (QED) is 0.783. The summed E-state index contributed by atoms with van der Waals surface area (Å²) in [5.74, 6) is -0.747. The van der Waals surface area contributed by atoms with Gasteiger partial charge in [-0.2, -0.15) is 0 Å². The predicted octanol–water partition coefficient (Wildman–Crippen LogP) is 1.53. The van der Waals surface area contributed by atoms with Crippen LogP contribution in [0.4, 0.5) is 0 Å². The first-order chi connectivity index (χ1) is 7.13. The van der Waals surface area contributed by atoms with E-state index in [0.717, 1.165) is 0 Å². The van der Waals surface area contributed by atoms with Crippen molar-refractivity contribution in [2.45, 2.75) is 13.3 Å². The summed E-state index contributed by atoms with van der Waals surface area (Å²) >= 11 is 5.78. The lowest BCUT2D eigenvalue weighted by Gasteiger charge is -1.95. The van der Waals surface area contributed by atoms with E-state index in [4.69, 9.17) is 21.2 Å². The molecule has 0 atom stereocenters. The number of rotatable bonds is 2. The standard InChI is InChI=1S/C8H6ClN3O3/c1-2-3-10-4-5(8(13)14)12-15-6(4)7(9)11-3/h2H2,1H3,(H,13,14). The fraction of sp³-hybridized carbons (Fsp3) is 0.250. The van der Waals surface area contributed by atoms with Crippen LogP contribution >= 0.6 is 11.6 Å². The van der Waals surface area contributed by atoms with Crippen molar-refractivity contribution < 1.29 is 14.4 Å². The van der Waals surface area contributed by atoms with E-state index in [2.05, 4.69) is 15.1 Å². The molecule has 0 radical (unpaired) electrons. The van der Waals surface area contributed by atoms with Crippen LogP contribution in [0.3, 0.4) is 0 Å². The number of nitrogens with zero attached hydrogens (tertiary/aromatic N) is 3. The molecule has 78 valence electrons. The zero-order chi connectivity index (χ0) is 11.0. The van der Waals surface area contributed by atoms with Gasteiger partial charge in [0.15, 0.2) is 10.7 Å². The highest BCUT2D eigenvalue weighted by Crippen LogP contribution is 2.23. The van der Waals surface area contributed by atoms with Crippen LogP contribution in [0.15, 0.2) is 4.52 Å². The third-order valence-corrected chi connectivity index (χ3v) is 2.10. The number of fused-ring (bicyclic) bond motifs is 1. The van der Waals surface area contributed by atoms with Crippen molar-refractivity contribution in [2.75, 3.05) is 0 Å². The van der Waals surface area contributed by atoms with Gasteiger partial charge in [0.1, 0.15) is 5.82 Å². The van der Waals surface area contributed by atoms with E-state index in [9.17, 15) is 4.79 Å². The molecule has 0 bridgehead atoms. The van der Waals surface area contributed by atoms with Crippen LogP contribution in [0, 0.1) is 0 Å². The predicted molar refractivity (Wildman–Crippen MR) is 50.9 cm³/mol. The number of aryl methyl sites for hydroxylation is 1. The van der Waals surface area contributed by atoms with E-state index in [-0.39, 0.29) is 21.9 Å². The minimum atomic E-state index is -1.20. The Morgan fingerprint density at radius 2 is 2.27 bits per heavy atom. The van der Waals surface area contributed by atoms with Crippen LogP contribution in [-0.2, 0) is 6.42 Å². The fourth-order valence-electron chi connectivity index (χ4n) is 1.14. The lowest BCUT2D eigenvalue weighted by Crippen LogP contribution is -2.00. The summed E-state index contributed by atoms with van der Waals surface area (Å²) < 4.78 is 4.75. The molecule has 0 aliphatic rings. The number of carboxylic acid groups (broad SMARTS) is 1. The molecule has 2 rings (SSSR count). The Morgan fingerprint density at radius 1 is 1.53 bits per heavy atom. The van der Waals surface area contributed by atoms with Gasteiger partial charge in [0.25, 0.3) is 0 Å². The molecular formula is C8H6ClN3O3. The molecule has 2 aromatic heterocycles. The lowest BCUT2D eigenvalue weighted by molar-refractivity contribution is 0.0687. The van der Waals surface area contributed by atoms with Gasteiger partial charge in [-0.15, -0.1) is 0 Å². The Morgan fingerprint density at radius 3 is 2.87 bits per heavy atom. The number of halogens is 1. The second-order valence-electron chi connectivity index (χ2n) is 2.80. The highest BCUT2D eigenvalue weighted by atomic mass is 35.5. The Kier molecular flexibility index (Phi) is 2.28. The van der Waals surface area contributed by atoms with Crippen LogP contribution in [0.1, 0.15) is 23.2 Å². The number of hydrogen-bond acceptors (Lipinski definition) is 5. The molecule has 2 aromatic rings. The minimum Gasteiger partial charge on any atom is -0.476 e. The molecular weight excluding hydrogens is 222 g/mol. The Hall–Kier alpha value is -1.69. The number of carbonyl (C=O) groups is 1. The Labute approximate surface area is 88.9 Å². The SMILES string of the molecule is CCc1nc(Cl)c2onc(C(=O)O)c2n1. The van der Waals surface area contributed by atoms with Gasteiger partial charge in [-0.3, -0.25) is 0 Å². The molecule has 7 heteroatoms. The second-order valence-corrected chi connectivity index (χ2v) is 3.16.